The van der Waals surface area contributed by atoms with Gasteiger partial charge in [-0.25, -0.2) is 0 Å². The highest BCUT2D eigenvalue weighted by molar-refractivity contribution is 7.99. The van der Waals surface area contributed by atoms with Crippen LogP contribution in [-0.4, -0.2) is 64.6 Å². The quantitative estimate of drug-likeness (QED) is 0.607. The maximum atomic E-state index is 13.1. The monoisotopic (exact) mass is 498 g/mol. The van der Waals surface area contributed by atoms with E-state index in [9.17, 15) is 15.0 Å². The van der Waals surface area contributed by atoms with E-state index < -0.39 is 0 Å². The molecule has 0 bridgehead atoms. The Balaban J connectivity index is 1.09. The SMILES string of the molecule is O=C(CCN1CCC(Cc2ccc3c(c2)OCO3)CC1)N1CCSc2cc(CO)c(CO)cc2C1. The molecule has 3 heterocycles. The summed E-state index contributed by atoms with van der Waals surface area (Å²) in [6.07, 6.45) is 3.89. The van der Waals surface area contributed by atoms with E-state index in [-0.39, 0.29) is 19.1 Å². The van der Waals surface area contributed by atoms with Gasteiger partial charge >= 0.3 is 0 Å². The van der Waals surface area contributed by atoms with Crippen molar-refractivity contribution in [3.63, 3.8) is 0 Å². The third kappa shape index (κ3) is 5.77. The van der Waals surface area contributed by atoms with Crippen LogP contribution in [0.15, 0.2) is 35.2 Å². The van der Waals surface area contributed by atoms with Crippen LogP contribution in [0, 0.1) is 5.92 Å². The fourth-order valence-corrected chi connectivity index (χ4v) is 6.33. The Morgan fingerprint density at radius 1 is 1.00 bits per heavy atom. The number of hydrogen-bond acceptors (Lipinski definition) is 7. The smallest absolute Gasteiger partial charge is 0.231 e. The first-order chi connectivity index (χ1) is 17.1. The fraction of sp³-hybridized carbons (Fsp3) is 0.519. The number of carbonyl (C=O) groups excluding carboxylic acids is 1. The van der Waals surface area contributed by atoms with Crippen molar-refractivity contribution in [2.24, 2.45) is 5.92 Å². The molecule has 0 unspecified atom stereocenters. The molecule has 5 rings (SSSR count). The van der Waals surface area contributed by atoms with Gasteiger partial charge in [-0.2, -0.15) is 0 Å². The Kier molecular flexibility index (Phi) is 7.82. The number of likely N-dealkylation sites (tertiary alicyclic amines) is 1. The number of piperidine rings is 1. The summed E-state index contributed by atoms with van der Waals surface area (Å²) in [4.78, 5) is 18.5. The number of carbonyl (C=O) groups is 1. The van der Waals surface area contributed by atoms with Crippen molar-refractivity contribution in [1.82, 2.24) is 9.80 Å². The summed E-state index contributed by atoms with van der Waals surface area (Å²) in [5.74, 6) is 3.38. The fourth-order valence-electron chi connectivity index (χ4n) is 5.26. The number of rotatable bonds is 7. The summed E-state index contributed by atoms with van der Waals surface area (Å²) >= 11 is 1.72. The number of fused-ring (bicyclic) bond motifs is 2. The molecule has 8 heteroatoms. The molecular weight excluding hydrogens is 464 g/mol. The molecule has 7 nitrogen and oxygen atoms in total. The highest BCUT2D eigenvalue weighted by Crippen LogP contribution is 2.34. The van der Waals surface area contributed by atoms with Crippen LogP contribution in [0.5, 0.6) is 11.5 Å². The molecule has 2 N–H and O–H groups in total. The average Bonchev–Trinajstić information content (AvgIpc) is 3.25. The van der Waals surface area contributed by atoms with Crippen LogP contribution in [0.25, 0.3) is 0 Å². The van der Waals surface area contributed by atoms with Crippen molar-refractivity contribution in [3.05, 3.63) is 52.6 Å². The lowest BCUT2D eigenvalue weighted by atomic mass is 9.90. The van der Waals surface area contributed by atoms with Crippen molar-refractivity contribution in [1.29, 1.82) is 0 Å². The molecule has 0 aliphatic carbocycles. The van der Waals surface area contributed by atoms with Gasteiger partial charge in [-0.05, 0) is 78.7 Å². The largest absolute Gasteiger partial charge is 0.454 e. The van der Waals surface area contributed by atoms with Crippen LogP contribution >= 0.6 is 11.8 Å². The van der Waals surface area contributed by atoms with Gasteiger partial charge in [0, 0.05) is 36.7 Å². The van der Waals surface area contributed by atoms with E-state index in [0.29, 0.717) is 25.7 Å². The maximum absolute atomic E-state index is 13.1. The second kappa shape index (κ2) is 11.2. The summed E-state index contributed by atoms with van der Waals surface area (Å²) in [6, 6.07) is 10.2. The summed E-state index contributed by atoms with van der Waals surface area (Å²) in [6.45, 7) is 4.28. The van der Waals surface area contributed by atoms with Crippen LogP contribution in [0.1, 0.15) is 41.5 Å². The number of aliphatic hydroxyl groups is 2. The Hall–Kier alpha value is -2.26. The molecule has 188 valence electrons. The third-order valence-electron chi connectivity index (χ3n) is 7.37. The predicted octanol–water partition coefficient (Wildman–Crippen LogP) is 3.18. The van der Waals surface area contributed by atoms with Gasteiger partial charge in [0.1, 0.15) is 0 Å². The molecule has 3 aliphatic heterocycles. The minimum absolute atomic E-state index is 0.0836. The molecular formula is C27H34N2O5S. The zero-order chi connectivity index (χ0) is 24.2. The van der Waals surface area contributed by atoms with Gasteiger partial charge in [0.15, 0.2) is 11.5 Å². The van der Waals surface area contributed by atoms with Crippen molar-refractivity contribution < 1.29 is 24.5 Å². The van der Waals surface area contributed by atoms with E-state index >= 15 is 0 Å². The minimum Gasteiger partial charge on any atom is -0.454 e. The third-order valence-corrected chi connectivity index (χ3v) is 8.44. The van der Waals surface area contributed by atoms with Crippen LogP contribution in [0.4, 0.5) is 0 Å². The summed E-state index contributed by atoms with van der Waals surface area (Å²) in [7, 11) is 0. The Morgan fingerprint density at radius 2 is 1.77 bits per heavy atom. The van der Waals surface area contributed by atoms with E-state index in [4.69, 9.17) is 9.47 Å². The van der Waals surface area contributed by atoms with E-state index in [0.717, 1.165) is 84.3 Å². The van der Waals surface area contributed by atoms with Gasteiger partial charge in [0.25, 0.3) is 0 Å². The van der Waals surface area contributed by atoms with Crippen LogP contribution in [-0.2, 0) is 31.0 Å². The van der Waals surface area contributed by atoms with Crippen LogP contribution in [0.3, 0.4) is 0 Å². The zero-order valence-electron chi connectivity index (χ0n) is 20.1. The van der Waals surface area contributed by atoms with Crippen molar-refractivity contribution in [3.8, 4) is 11.5 Å². The summed E-state index contributed by atoms with van der Waals surface area (Å²) in [5, 5.41) is 19.2. The van der Waals surface area contributed by atoms with Gasteiger partial charge < -0.3 is 29.5 Å². The molecule has 0 spiro atoms. The first-order valence-electron chi connectivity index (χ1n) is 12.5. The second-order valence-electron chi connectivity index (χ2n) is 9.64. The molecule has 2 aromatic carbocycles. The van der Waals surface area contributed by atoms with Crippen molar-refractivity contribution in [2.75, 3.05) is 38.7 Å². The predicted molar refractivity (Wildman–Crippen MR) is 134 cm³/mol. The second-order valence-corrected chi connectivity index (χ2v) is 10.8. The van der Waals surface area contributed by atoms with E-state index in [1.165, 1.54) is 5.56 Å². The number of hydrogen-bond donors (Lipinski definition) is 2. The zero-order valence-corrected chi connectivity index (χ0v) is 20.9. The normalized spacial score (nSPS) is 18.4. The first kappa shape index (κ1) is 24.4. The molecule has 1 amide bonds. The molecule has 0 aromatic heterocycles. The number of aliphatic hydroxyl groups excluding tert-OH is 2. The molecule has 3 aliphatic rings. The van der Waals surface area contributed by atoms with E-state index in [1.54, 1.807) is 11.8 Å². The van der Waals surface area contributed by atoms with Gasteiger partial charge in [0.2, 0.25) is 12.7 Å². The van der Waals surface area contributed by atoms with Crippen molar-refractivity contribution >= 4 is 17.7 Å². The minimum atomic E-state index is -0.105. The first-order valence-corrected chi connectivity index (χ1v) is 13.5. The summed E-state index contributed by atoms with van der Waals surface area (Å²) in [5.41, 5.74) is 3.87. The topological polar surface area (TPSA) is 82.5 Å². The lowest BCUT2D eigenvalue weighted by Gasteiger charge is -2.32. The summed E-state index contributed by atoms with van der Waals surface area (Å²) < 4.78 is 10.9. The molecule has 2 aromatic rings. The molecule has 0 atom stereocenters. The van der Waals surface area contributed by atoms with Crippen LogP contribution < -0.4 is 9.47 Å². The van der Waals surface area contributed by atoms with Gasteiger partial charge in [0.05, 0.1) is 13.2 Å². The molecule has 35 heavy (non-hydrogen) atoms. The van der Waals surface area contributed by atoms with E-state index in [1.807, 2.05) is 23.1 Å². The molecule has 1 fully saturated rings. The number of amides is 1. The van der Waals surface area contributed by atoms with Crippen molar-refractivity contribution in [2.45, 2.75) is 50.3 Å². The number of nitrogens with zero attached hydrogens (tertiary/aromatic N) is 2. The molecule has 0 saturated carbocycles. The lowest BCUT2D eigenvalue weighted by Crippen LogP contribution is -2.38. The number of thioether (sulfide) groups is 1. The lowest BCUT2D eigenvalue weighted by molar-refractivity contribution is -0.132. The Labute approximate surface area is 211 Å². The Morgan fingerprint density at radius 3 is 2.57 bits per heavy atom. The van der Waals surface area contributed by atoms with E-state index in [2.05, 4.69) is 17.0 Å². The molecule has 1 saturated heterocycles. The van der Waals surface area contributed by atoms with Gasteiger partial charge in [-0.15, -0.1) is 11.8 Å². The number of benzene rings is 2. The van der Waals surface area contributed by atoms with Gasteiger partial charge in [-0.1, -0.05) is 12.1 Å². The highest BCUT2D eigenvalue weighted by Gasteiger charge is 2.24. The Bertz CT molecular complexity index is 1050. The molecule has 0 radical (unpaired) electrons. The van der Waals surface area contributed by atoms with Crippen LogP contribution in [0.2, 0.25) is 0 Å². The number of ether oxygens (including phenoxy) is 2. The standard InChI is InChI=1S/C27H34N2O5S/c30-16-22-13-21-15-29(9-10-35-26(21)14-23(22)17-31)27(32)5-8-28-6-3-19(4-7-28)11-20-1-2-24-25(12-20)34-18-33-24/h1-2,12-14,19,30-31H,3-11,15-18H2. The highest BCUT2D eigenvalue weighted by atomic mass is 32.2. The van der Waals surface area contributed by atoms with Gasteiger partial charge in [-0.3, -0.25) is 4.79 Å². The average molecular weight is 499 g/mol. The maximum Gasteiger partial charge on any atom is 0.231 e.